The van der Waals surface area contributed by atoms with Crippen LogP contribution in [0.3, 0.4) is 0 Å². The molecule has 0 unspecified atom stereocenters. The molecule has 1 aliphatic rings. The Morgan fingerprint density at radius 3 is 1.85 bits per heavy atom. The van der Waals surface area contributed by atoms with Gasteiger partial charge in [-0.15, -0.1) is 0 Å². The summed E-state index contributed by atoms with van der Waals surface area (Å²) in [5.41, 5.74) is 9.03. The zero-order valence-electron chi connectivity index (χ0n) is 26.8. The first-order valence-electron chi connectivity index (χ1n) is 16.5. The lowest BCUT2D eigenvalue weighted by atomic mass is 9.96. The summed E-state index contributed by atoms with van der Waals surface area (Å²) in [7, 11) is 0. The van der Waals surface area contributed by atoms with Crippen molar-refractivity contribution in [3.05, 3.63) is 206 Å². The fourth-order valence-corrected chi connectivity index (χ4v) is 6.83. The van der Waals surface area contributed by atoms with Crippen LogP contribution in [-0.4, -0.2) is 0 Å². The summed E-state index contributed by atoms with van der Waals surface area (Å²) >= 11 is 0. The molecule has 0 bridgehead atoms. The van der Waals surface area contributed by atoms with Crippen LogP contribution >= 0.6 is 0 Å². The molecule has 48 heavy (non-hydrogen) atoms. The first-order chi connectivity index (χ1) is 23.7. The lowest BCUT2D eigenvalue weighted by Crippen LogP contribution is -2.10. The molecule has 0 fully saturated rings. The average Bonchev–Trinajstić information content (AvgIpc) is 3.15. The zero-order chi connectivity index (χ0) is 32.3. The normalized spacial score (nSPS) is 15.2. The van der Waals surface area contributed by atoms with Crippen molar-refractivity contribution >= 4 is 55.0 Å². The molecule has 0 spiro atoms. The van der Waals surface area contributed by atoms with Gasteiger partial charge in [-0.1, -0.05) is 164 Å². The Bertz CT molecular complexity index is 2410. The Balaban J connectivity index is 1.28. The summed E-state index contributed by atoms with van der Waals surface area (Å²) in [6.07, 6.45) is 15.8. The predicted molar refractivity (Wildman–Crippen MR) is 208 cm³/mol. The number of allylic oxidation sites excluding steroid dienone is 9. The summed E-state index contributed by atoms with van der Waals surface area (Å²) in [6.45, 7) is 4.38. The van der Waals surface area contributed by atoms with Gasteiger partial charge < -0.3 is 4.90 Å². The van der Waals surface area contributed by atoms with E-state index in [1.54, 1.807) is 0 Å². The summed E-state index contributed by atoms with van der Waals surface area (Å²) in [4.78, 5) is 2.40. The summed E-state index contributed by atoms with van der Waals surface area (Å²) in [6, 6.07) is 52.8. The molecular weight excluding hydrogens is 579 g/mol. The quantitative estimate of drug-likeness (QED) is 0.175. The van der Waals surface area contributed by atoms with E-state index in [1.165, 1.54) is 43.4 Å². The monoisotopic (exact) mass is 613 g/mol. The molecule has 7 aromatic rings. The highest BCUT2D eigenvalue weighted by Crippen LogP contribution is 2.43. The van der Waals surface area contributed by atoms with Crippen molar-refractivity contribution < 1.29 is 0 Å². The van der Waals surface area contributed by atoms with E-state index in [-0.39, 0.29) is 0 Å². The van der Waals surface area contributed by atoms with Crippen molar-refractivity contribution in [1.82, 2.24) is 0 Å². The molecule has 8 rings (SSSR count). The van der Waals surface area contributed by atoms with Crippen LogP contribution in [0.25, 0.3) is 49.0 Å². The highest BCUT2D eigenvalue weighted by Gasteiger charge is 2.18. The van der Waals surface area contributed by atoms with Gasteiger partial charge in [-0.25, -0.2) is 0 Å². The standard InChI is InChI=1S/C47H35N/c1-34-15-6-4-2-3-5-7-19-41(34)36-25-29-39(30-26-36)48(47-33-38-17-9-11-21-44(38)45-22-12-13-23-46(45)47)40-31-27-37(28-32-40)43-24-14-18-35-16-8-10-20-42(35)43/h2,4-33H,1,3H2/b4-2-,7-5-,15-6-,41-19?. The topological polar surface area (TPSA) is 3.24 Å². The van der Waals surface area contributed by atoms with E-state index < -0.39 is 0 Å². The second-order valence-electron chi connectivity index (χ2n) is 12.2. The molecule has 1 aliphatic carbocycles. The third kappa shape index (κ3) is 5.57. The maximum absolute atomic E-state index is 4.38. The molecule has 228 valence electrons. The molecule has 0 saturated heterocycles. The molecule has 0 atom stereocenters. The van der Waals surface area contributed by atoms with Crippen LogP contribution in [0.5, 0.6) is 0 Å². The molecule has 0 saturated carbocycles. The largest absolute Gasteiger partial charge is 0.310 e. The van der Waals surface area contributed by atoms with Crippen LogP contribution in [-0.2, 0) is 0 Å². The molecule has 0 N–H and O–H groups in total. The molecule has 0 aromatic heterocycles. The molecule has 1 heteroatoms. The van der Waals surface area contributed by atoms with E-state index in [9.17, 15) is 0 Å². The van der Waals surface area contributed by atoms with Crippen LogP contribution in [0.15, 0.2) is 200 Å². The SMILES string of the molecule is C=C1/C=C\C=C/C/C=C\C=C1c1ccc(N(c2ccc(-c3cccc4ccccc34)cc2)c2cc3ccccc3c3ccccc23)cc1. The van der Waals surface area contributed by atoms with Gasteiger partial charge in [-0.2, -0.15) is 0 Å². The van der Waals surface area contributed by atoms with Crippen molar-refractivity contribution in [2.75, 3.05) is 4.90 Å². The van der Waals surface area contributed by atoms with E-state index in [0.29, 0.717) is 0 Å². The fourth-order valence-electron chi connectivity index (χ4n) is 6.83. The van der Waals surface area contributed by atoms with Crippen LogP contribution in [0.2, 0.25) is 0 Å². The molecule has 0 amide bonds. The smallest absolute Gasteiger partial charge is 0.0546 e. The van der Waals surface area contributed by atoms with Crippen molar-refractivity contribution in [2.24, 2.45) is 0 Å². The van der Waals surface area contributed by atoms with Crippen LogP contribution in [0, 0.1) is 0 Å². The number of rotatable bonds is 5. The van der Waals surface area contributed by atoms with E-state index >= 15 is 0 Å². The lowest BCUT2D eigenvalue weighted by Gasteiger charge is -2.28. The number of hydrogen-bond donors (Lipinski definition) is 0. The van der Waals surface area contributed by atoms with Gasteiger partial charge in [-0.05, 0) is 91.5 Å². The zero-order valence-corrected chi connectivity index (χ0v) is 26.8. The van der Waals surface area contributed by atoms with Gasteiger partial charge in [-0.3, -0.25) is 0 Å². The third-order valence-electron chi connectivity index (χ3n) is 9.21. The van der Waals surface area contributed by atoms with E-state index in [0.717, 1.165) is 40.2 Å². The molecular formula is C47H35N. The average molecular weight is 614 g/mol. The minimum Gasteiger partial charge on any atom is -0.310 e. The van der Waals surface area contributed by atoms with Gasteiger partial charge >= 0.3 is 0 Å². The maximum atomic E-state index is 4.38. The van der Waals surface area contributed by atoms with Crippen LogP contribution in [0.1, 0.15) is 12.0 Å². The Morgan fingerprint density at radius 1 is 0.479 bits per heavy atom. The van der Waals surface area contributed by atoms with Gasteiger partial charge in [0.05, 0.1) is 5.69 Å². The number of anilines is 3. The van der Waals surface area contributed by atoms with Crippen molar-refractivity contribution in [3.63, 3.8) is 0 Å². The summed E-state index contributed by atoms with van der Waals surface area (Å²) < 4.78 is 0. The summed E-state index contributed by atoms with van der Waals surface area (Å²) in [5, 5.41) is 7.45. The second-order valence-corrected chi connectivity index (χ2v) is 12.2. The van der Waals surface area contributed by atoms with Crippen molar-refractivity contribution in [3.8, 4) is 11.1 Å². The van der Waals surface area contributed by atoms with Gasteiger partial charge in [0.1, 0.15) is 0 Å². The van der Waals surface area contributed by atoms with Crippen molar-refractivity contribution in [2.45, 2.75) is 6.42 Å². The Hall–Kier alpha value is -6.18. The lowest BCUT2D eigenvalue weighted by molar-refractivity contribution is 1.30. The van der Waals surface area contributed by atoms with Gasteiger partial charge in [0, 0.05) is 16.8 Å². The van der Waals surface area contributed by atoms with E-state index in [1.807, 2.05) is 0 Å². The predicted octanol–water partition coefficient (Wildman–Crippen LogP) is 13.3. The molecule has 0 heterocycles. The highest BCUT2D eigenvalue weighted by molar-refractivity contribution is 6.14. The first-order valence-corrected chi connectivity index (χ1v) is 16.5. The highest BCUT2D eigenvalue weighted by atomic mass is 15.1. The third-order valence-corrected chi connectivity index (χ3v) is 9.21. The molecule has 0 radical (unpaired) electrons. The number of fused-ring (bicyclic) bond motifs is 4. The van der Waals surface area contributed by atoms with Crippen LogP contribution in [0.4, 0.5) is 17.1 Å². The van der Waals surface area contributed by atoms with Gasteiger partial charge in [0.25, 0.3) is 0 Å². The minimum atomic E-state index is 0.910. The maximum Gasteiger partial charge on any atom is 0.0546 e. The minimum absolute atomic E-state index is 0.910. The van der Waals surface area contributed by atoms with Gasteiger partial charge in [0.2, 0.25) is 0 Å². The molecule has 0 aliphatic heterocycles. The second kappa shape index (κ2) is 12.9. The van der Waals surface area contributed by atoms with Crippen LogP contribution < -0.4 is 4.90 Å². The molecule has 7 aromatic carbocycles. The van der Waals surface area contributed by atoms with E-state index in [2.05, 4.69) is 200 Å². The number of benzene rings is 7. The van der Waals surface area contributed by atoms with Gasteiger partial charge in [0.15, 0.2) is 0 Å². The Kier molecular flexibility index (Phi) is 7.86. The number of hydrogen-bond acceptors (Lipinski definition) is 1. The molecule has 1 nitrogen and oxygen atoms in total. The Morgan fingerprint density at radius 2 is 1.08 bits per heavy atom. The number of nitrogens with zero attached hydrogens (tertiary/aromatic N) is 1. The fraction of sp³-hybridized carbons (Fsp3) is 0.0213. The van der Waals surface area contributed by atoms with Crippen molar-refractivity contribution in [1.29, 1.82) is 0 Å². The summed E-state index contributed by atoms with van der Waals surface area (Å²) in [5.74, 6) is 0. The Labute approximate surface area is 282 Å². The first kappa shape index (κ1) is 29.2. The van der Waals surface area contributed by atoms with E-state index in [4.69, 9.17) is 0 Å².